The van der Waals surface area contributed by atoms with Gasteiger partial charge in [-0.05, 0) is 24.1 Å². The van der Waals surface area contributed by atoms with Crippen LogP contribution in [0.1, 0.15) is 17.9 Å². The van der Waals surface area contributed by atoms with Crippen molar-refractivity contribution in [2.75, 3.05) is 12.3 Å². The lowest BCUT2D eigenvalue weighted by Crippen LogP contribution is -2.38. The summed E-state index contributed by atoms with van der Waals surface area (Å²) in [6.45, 7) is 0.318. The Morgan fingerprint density at radius 3 is 2.79 bits per heavy atom. The molecule has 1 aliphatic carbocycles. The molecule has 24 heavy (non-hydrogen) atoms. The fraction of sp³-hybridized carbons (Fsp3) is 0.294. The van der Waals surface area contributed by atoms with E-state index in [0.717, 1.165) is 6.42 Å². The van der Waals surface area contributed by atoms with E-state index in [1.165, 1.54) is 5.56 Å². The third-order valence-corrected chi connectivity index (χ3v) is 5.58. The summed E-state index contributed by atoms with van der Waals surface area (Å²) in [5, 5.41) is 3.04. The highest BCUT2D eigenvalue weighted by molar-refractivity contribution is 7.90. The molecule has 0 radical (unpaired) electrons. The normalized spacial score (nSPS) is 26.9. The van der Waals surface area contributed by atoms with E-state index in [9.17, 15) is 13.2 Å². The van der Waals surface area contributed by atoms with Crippen LogP contribution in [0.25, 0.3) is 0 Å². The highest BCUT2D eigenvalue weighted by Crippen LogP contribution is 2.40. The van der Waals surface area contributed by atoms with Gasteiger partial charge in [0.2, 0.25) is 0 Å². The molecule has 1 N–H and O–H groups in total. The number of carbonyl (C=O) groups excluding carboxylic acids is 1. The highest BCUT2D eigenvalue weighted by atomic mass is 32.2. The minimum absolute atomic E-state index is 0.0333. The fourth-order valence-corrected chi connectivity index (χ4v) is 3.98. The van der Waals surface area contributed by atoms with E-state index in [-0.39, 0.29) is 17.7 Å². The molecule has 2 atom stereocenters. The number of nitrogens with one attached hydrogen (secondary N) is 1. The molecular formula is C17H17N3O3S. The van der Waals surface area contributed by atoms with Gasteiger partial charge in [0.1, 0.15) is 5.84 Å². The largest absolute Gasteiger partial charge is 0.349 e. The summed E-state index contributed by atoms with van der Waals surface area (Å²) in [5.74, 6) is 0.572. The molecule has 6 nitrogen and oxygen atoms in total. The molecule has 124 valence electrons. The third kappa shape index (κ3) is 2.99. The predicted octanol–water partition coefficient (Wildman–Crippen LogP) is 1.16. The topological polar surface area (TPSA) is 78.8 Å². The molecule has 1 aromatic carbocycles. The number of amidine groups is 1. The van der Waals surface area contributed by atoms with Gasteiger partial charge >= 0.3 is 0 Å². The van der Waals surface area contributed by atoms with Gasteiger partial charge < -0.3 is 10.2 Å². The van der Waals surface area contributed by atoms with Crippen LogP contribution in [0.5, 0.6) is 0 Å². The summed E-state index contributed by atoms with van der Waals surface area (Å²) in [7, 11) is -3.37. The van der Waals surface area contributed by atoms with Crippen molar-refractivity contribution in [2.24, 2.45) is 4.40 Å². The van der Waals surface area contributed by atoms with Crippen LogP contribution < -0.4 is 5.32 Å². The SMILES string of the molecule is O=C(N[C@H]1C[C@@H]1c1ccccc1)C1=CN2CCS(=O)(=O)N=C2C=C1. The van der Waals surface area contributed by atoms with Crippen molar-refractivity contribution >= 4 is 21.8 Å². The molecule has 0 unspecified atom stereocenters. The van der Waals surface area contributed by atoms with Crippen molar-refractivity contribution < 1.29 is 13.2 Å². The summed E-state index contributed by atoms with van der Waals surface area (Å²) in [5.41, 5.74) is 1.76. The number of amides is 1. The zero-order chi connectivity index (χ0) is 16.7. The molecule has 4 rings (SSSR count). The maximum Gasteiger partial charge on any atom is 0.256 e. The van der Waals surface area contributed by atoms with Crippen LogP contribution in [0.15, 0.2) is 58.7 Å². The van der Waals surface area contributed by atoms with Gasteiger partial charge in [-0.1, -0.05) is 30.3 Å². The van der Waals surface area contributed by atoms with Crippen molar-refractivity contribution in [3.8, 4) is 0 Å². The van der Waals surface area contributed by atoms with Crippen molar-refractivity contribution in [1.29, 1.82) is 0 Å². The molecule has 1 saturated carbocycles. The first-order valence-corrected chi connectivity index (χ1v) is 9.48. The Kier molecular flexibility index (Phi) is 3.53. The Balaban J connectivity index is 1.42. The Labute approximate surface area is 140 Å². The van der Waals surface area contributed by atoms with E-state index in [1.54, 1.807) is 23.3 Å². The molecule has 0 bridgehead atoms. The van der Waals surface area contributed by atoms with Crippen LogP contribution in [-0.2, 0) is 14.8 Å². The maximum absolute atomic E-state index is 12.4. The third-order valence-electron chi connectivity index (χ3n) is 4.42. The number of rotatable bonds is 3. The summed E-state index contributed by atoms with van der Waals surface area (Å²) < 4.78 is 26.7. The minimum Gasteiger partial charge on any atom is -0.349 e. The monoisotopic (exact) mass is 343 g/mol. The fourth-order valence-electron chi connectivity index (χ4n) is 3.01. The van der Waals surface area contributed by atoms with E-state index in [1.807, 2.05) is 18.2 Å². The van der Waals surface area contributed by atoms with E-state index in [2.05, 4.69) is 21.8 Å². The van der Waals surface area contributed by atoms with Gasteiger partial charge in [-0.25, -0.2) is 8.42 Å². The first kappa shape index (κ1) is 15.1. The molecule has 1 fully saturated rings. The van der Waals surface area contributed by atoms with Crippen LogP contribution in [0.3, 0.4) is 0 Å². The number of hydrogen-bond acceptors (Lipinski definition) is 4. The van der Waals surface area contributed by atoms with Crippen molar-refractivity contribution in [3.63, 3.8) is 0 Å². The molecule has 0 aromatic heterocycles. The average molecular weight is 343 g/mol. The molecule has 1 amide bonds. The molecule has 7 heteroatoms. The van der Waals surface area contributed by atoms with E-state index >= 15 is 0 Å². The summed E-state index contributed by atoms with van der Waals surface area (Å²) in [6, 6.07) is 10.3. The van der Waals surface area contributed by atoms with E-state index < -0.39 is 10.0 Å². The van der Waals surface area contributed by atoms with Gasteiger partial charge in [-0.2, -0.15) is 0 Å². The smallest absolute Gasteiger partial charge is 0.256 e. The number of hydrogen-bond donors (Lipinski definition) is 1. The van der Waals surface area contributed by atoms with Gasteiger partial charge in [-0.3, -0.25) is 4.79 Å². The predicted molar refractivity (Wildman–Crippen MR) is 90.9 cm³/mol. The van der Waals surface area contributed by atoms with Crippen molar-refractivity contribution in [2.45, 2.75) is 18.4 Å². The molecule has 0 saturated heterocycles. The lowest BCUT2D eigenvalue weighted by Gasteiger charge is -2.27. The molecule has 0 spiro atoms. The highest BCUT2D eigenvalue weighted by Gasteiger charge is 2.39. The summed E-state index contributed by atoms with van der Waals surface area (Å²) in [6.07, 6.45) is 5.81. The second kappa shape index (κ2) is 5.59. The number of sulfonamides is 1. The molecule has 2 heterocycles. The Morgan fingerprint density at radius 2 is 2.00 bits per heavy atom. The lowest BCUT2D eigenvalue weighted by atomic mass is 10.1. The van der Waals surface area contributed by atoms with Gasteiger partial charge in [0.15, 0.2) is 0 Å². The maximum atomic E-state index is 12.4. The van der Waals surface area contributed by atoms with Gasteiger partial charge in [0, 0.05) is 24.7 Å². The number of carbonyl (C=O) groups is 1. The standard InChI is InChI=1S/C17H17N3O3S/c21-17(18-15-10-14(15)12-4-2-1-3-5-12)13-6-7-16-19-24(22,23)9-8-20(16)11-13/h1-7,11,14-15H,8-10H2,(H,18,21)/t14-,15+/m1/s1. The zero-order valence-electron chi connectivity index (χ0n) is 12.9. The van der Waals surface area contributed by atoms with E-state index in [0.29, 0.717) is 23.9 Å². The molecule has 3 aliphatic rings. The number of fused-ring (bicyclic) bond motifs is 1. The van der Waals surface area contributed by atoms with E-state index in [4.69, 9.17) is 0 Å². The van der Waals surface area contributed by atoms with Gasteiger partial charge in [-0.15, -0.1) is 4.40 Å². The van der Waals surface area contributed by atoms with Gasteiger partial charge in [0.25, 0.3) is 15.9 Å². The summed E-state index contributed by atoms with van der Waals surface area (Å²) >= 11 is 0. The second-order valence-corrected chi connectivity index (χ2v) is 7.93. The molecule has 1 aromatic rings. The summed E-state index contributed by atoms with van der Waals surface area (Å²) in [4.78, 5) is 14.1. The quantitative estimate of drug-likeness (QED) is 0.893. The first-order valence-electron chi connectivity index (χ1n) is 7.87. The average Bonchev–Trinajstić information content (AvgIpc) is 3.33. The Hall–Kier alpha value is -2.41. The zero-order valence-corrected chi connectivity index (χ0v) is 13.7. The Morgan fingerprint density at radius 1 is 1.21 bits per heavy atom. The van der Waals surface area contributed by atoms with Crippen LogP contribution in [0, 0.1) is 0 Å². The number of nitrogens with zero attached hydrogens (tertiary/aromatic N) is 2. The van der Waals surface area contributed by atoms with Gasteiger partial charge in [0.05, 0.1) is 11.3 Å². The van der Waals surface area contributed by atoms with Crippen LogP contribution >= 0.6 is 0 Å². The lowest BCUT2D eigenvalue weighted by molar-refractivity contribution is -0.117. The van der Waals surface area contributed by atoms with Crippen molar-refractivity contribution in [3.05, 3.63) is 59.8 Å². The van der Waals surface area contributed by atoms with Crippen LogP contribution in [-0.4, -0.2) is 43.4 Å². The number of benzene rings is 1. The van der Waals surface area contributed by atoms with Crippen LogP contribution in [0.4, 0.5) is 0 Å². The van der Waals surface area contributed by atoms with Crippen LogP contribution in [0.2, 0.25) is 0 Å². The molecule has 2 aliphatic heterocycles. The first-order chi connectivity index (χ1) is 11.5. The second-order valence-electron chi connectivity index (χ2n) is 6.18. The molecular weight excluding hydrogens is 326 g/mol. The Bertz CT molecular complexity index is 872. The minimum atomic E-state index is -3.37. The van der Waals surface area contributed by atoms with Crippen molar-refractivity contribution in [1.82, 2.24) is 10.2 Å².